The first-order valence-electron chi connectivity index (χ1n) is 5.93. The van der Waals surface area contributed by atoms with Gasteiger partial charge in [-0.25, -0.2) is 0 Å². The molecular weight excluding hydrogens is 232 g/mol. The van der Waals surface area contributed by atoms with Crippen LogP contribution in [0.25, 0.3) is 0 Å². The molecule has 1 aromatic rings. The number of carbonyl (C=O) groups excluding carboxylic acids is 1. The van der Waals surface area contributed by atoms with Gasteiger partial charge in [-0.3, -0.25) is 4.79 Å². The number of nitrogens with one attached hydrogen (secondary N) is 2. The second kappa shape index (κ2) is 6.17. The van der Waals surface area contributed by atoms with Gasteiger partial charge in [-0.05, 0) is 31.0 Å². The molecule has 0 atom stereocenters. The second-order valence-electron chi connectivity index (χ2n) is 4.95. The highest BCUT2D eigenvalue weighted by atomic mass is 32.1. The van der Waals surface area contributed by atoms with E-state index in [-0.39, 0.29) is 11.3 Å². The molecule has 0 bridgehead atoms. The van der Waals surface area contributed by atoms with Crippen LogP contribution in [0.3, 0.4) is 0 Å². The Morgan fingerprint density at radius 3 is 2.71 bits per heavy atom. The van der Waals surface area contributed by atoms with E-state index in [0.29, 0.717) is 13.0 Å². The van der Waals surface area contributed by atoms with E-state index in [9.17, 15) is 4.79 Å². The molecule has 0 radical (unpaired) electrons. The molecule has 4 heteroatoms. The SMILES string of the molecule is CNCCC(=O)NCC(C)(C)c1sccc1C. The number of aryl methyl sites for hydroxylation is 1. The maximum Gasteiger partial charge on any atom is 0.221 e. The number of hydrogen-bond donors (Lipinski definition) is 2. The molecule has 1 heterocycles. The molecule has 0 aromatic carbocycles. The predicted octanol–water partition coefficient (Wildman–Crippen LogP) is 2.06. The normalized spacial score (nSPS) is 11.5. The molecule has 17 heavy (non-hydrogen) atoms. The highest BCUT2D eigenvalue weighted by molar-refractivity contribution is 7.10. The highest BCUT2D eigenvalue weighted by Gasteiger charge is 2.24. The molecule has 0 aliphatic rings. The number of hydrogen-bond acceptors (Lipinski definition) is 3. The summed E-state index contributed by atoms with van der Waals surface area (Å²) in [6.45, 7) is 7.88. The van der Waals surface area contributed by atoms with Crippen LogP contribution in [-0.2, 0) is 10.2 Å². The van der Waals surface area contributed by atoms with E-state index in [0.717, 1.165) is 6.54 Å². The number of rotatable bonds is 6. The Kier molecular flexibility index (Phi) is 5.15. The fourth-order valence-electron chi connectivity index (χ4n) is 1.79. The van der Waals surface area contributed by atoms with Crippen LogP contribution in [-0.4, -0.2) is 26.0 Å². The van der Waals surface area contributed by atoms with Gasteiger partial charge < -0.3 is 10.6 Å². The van der Waals surface area contributed by atoms with Crippen molar-refractivity contribution in [3.63, 3.8) is 0 Å². The van der Waals surface area contributed by atoms with E-state index in [1.807, 2.05) is 7.05 Å². The average Bonchev–Trinajstić information content (AvgIpc) is 2.71. The lowest BCUT2D eigenvalue weighted by atomic mass is 9.89. The molecule has 1 rings (SSSR count). The fourth-order valence-corrected chi connectivity index (χ4v) is 2.85. The minimum Gasteiger partial charge on any atom is -0.355 e. The number of thiophene rings is 1. The van der Waals surface area contributed by atoms with Gasteiger partial charge in [0.05, 0.1) is 0 Å². The molecule has 2 N–H and O–H groups in total. The van der Waals surface area contributed by atoms with Crippen LogP contribution in [0.4, 0.5) is 0 Å². The van der Waals surface area contributed by atoms with Crippen LogP contribution in [0, 0.1) is 6.92 Å². The molecule has 96 valence electrons. The second-order valence-corrected chi connectivity index (χ2v) is 5.86. The Hall–Kier alpha value is -0.870. The van der Waals surface area contributed by atoms with E-state index in [1.165, 1.54) is 10.4 Å². The Morgan fingerprint density at radius 1 is 1.47 bits per heavy atom. The molecule has 0 aliphatic heterocycles. The van der Waals surface area contributed by atoms with Crippen molar-refractivity contribution in [2.24, 2.45) is 0 Å². The van der Waals surface area contributed by atoms with Gasteiger partial charge in [0.15, 0.2) is 0 Å². The van der Waals surface area contributed by atoms with Crippen molar-refractivity contribution < 1.29 is 4.79 Å². The smallest absolute Gasteiger partial charge is 0.221 e. The van der Waals surface area contributed by atoms with Crippen LogP contribution in [0.5, 0.6) is 0 Å². The Balaban J connectivity index is 2.50. The van der Waals surface area contributed by atoms with E-state index < -0.39 is 0 Å². The standard InChI is InChI=1S/C13H22N2OS/c1-10-6-8-17-12(10)13(2,3)9-15-11(16)5-7-14-4/h6,8,14H,5,7,9H2,1-4H3,(H,15,16). The minimum atomic E-state index is 0.00749. The zero-order chi connectivity index (χ0) is 12.9. The maximum atomic E-state index is 11.6. The lowest BCUT2D eigenvalue weighted by molar-refractivity contribution is -0.121. The lowest BCUT2D eigenvalue weighted by Gasteiger charge is -2.25. The van der Waals surface area contributed by atoms with Crippen molar-refractivity contribution in [1.29, 1.82) is 0 Å². The van der Waals surface area contributed by atoms with Crippen LogP contribution in [0.15, 0.2) is 11.4 Å². The van der Waals surface area contributed by atoms with Gasteiger partial charge in [0, 0.05) is 29.8 Å². The highest BCUT2D eigenvalue weighted by Crippen LogP contribution is 2.30. The third-order valence-electron chi connectivity index (χ3n) is 2.81. The van der Waals surface area contributed by atoms with E-state index in [4.69, 9.17) is 0 Å². The Labute approximate surface area is 108 Å². The molecule has 0 aliphatic carbocycles. The summed E-state index contributed by atoms with van der Waals surface area (Å²) in [5, 5.41) is 8.08. The van der Waals surface area contributed by atoms with Crippen molar-refractivity contribution in [2.75, 3.05) is 20.1 Å². The maximum absolute atomic E-state index is 11.6. The van der Waals surface area contributed by atoms with Crippen LogP contribution >= 0.6 is 11.3 Å². The summed E-state index contributed by atoms with van der Waals surface area (Å²) in [6, 6.07) is 2.13. The van der Waals surface area contributed by atoms with Crippen LogP contribution < -0.4 is 10.6 Å². The molecule has 3 nitrogen and oxygen atoms in total. The third-order valence-corrected chi connectivity index (χ3v) is 4.19. The van der Waals surface area contributed by atoms with E-state index >= 15 is 0 Å². The third kappa shape index (κ3) is 4.13. The molecule has 0 fully saturated rings. The van der Waals surface area contributed by atoms with Crippen molar-refractivity contribution in [3.8, 4) is 0 Å². The van der Waals surface area contributed by atoms with Gasteiger partial charge in [-0.15, -0.1) is 11.3 Å². The van der Waals surface area contributed by atoms with E-state index in [2.05, 4.69) is 42.9 Å². The summed E-state index contributed by atoms with van der Waals surface area (Å²) in [4.78, 5) is 12.9. The minimum absolute atomic E-state index is 0.00749. The predicted molar refractivity (Wildman–Crippen MR) is 73.6 cm³/mol. The molecule has 0 saturated heterocycles. The zero-order valence-corrected chi connectivity index (χ0v) is 11.9. The summed E-state index contributed by atoms with van der Waals surface area (Å²) in [7, 11) is 1.85. The Bertz CT molecular complexity index is 371. The van der Waals surface area contributed by atoms with Crippen molar-refractivity contribution in [3.05, 3.63) is 21.9 Å². The number of carbonyl (C=O) groups is 1. The summed E-state index contributed by atoms with van der Waals surface area (Å²) < 4.78 is 0. The summed E-state index contributed by atoms with van der Waals surface area (Å²) >= 11 is 1.76. The molecule has 0 saturated carbocycles. The molecule has 1 aromatic heterocycles. The van der Waals surface area contributed by atoms with Crippen molar-refractivity contribution >= 4 is 17.2 Å². The number of amides is 1. The van der Waals surface area contributed by atoms with Gasteiger partial charge in [-0.2, -0.15) is 0 Å². The fraction of sp³-hybridized carbons (Fsp3) is 0.615. The summed E-state index contributed by atoms with van der Waals surface area (Å²) in [6.07, 6.45) is 0.538. The van der Waals surface area contributed by atoms with E-state index in [1.54, 1.807) is 11.3 Å². The quantitative estimate of drug-likeness (QED) is 0.816. The van der Waals surface area contributed by atoms with Gasteiger partial charge in [0.25, 0.3) is 0 Å². The Morgan fingerprint density at radius 2 is 2.18 bits per heavy atom. The molecule has 0 unspecified atom stereocenters. The largest absolute Gasteiger partial charge is 0.355 e. The van der Waals surface area contributed by atoms with Crippen LogP contribution in [0.2, 0.25) is 0 Å². The van der Waals surface area contributed by atoms with Gasteiger partial charge in [-0.1, -0.05) is 13.8 Å². The molecular formula is C13H22N2OS. The van der Waals surface area contributed by atoms with Gasteiger partial charge >= 0.3 is 0 Å². The van der Waals surface area contributed by atoms with Crippen molar-refractivity contribution in [2.45, 2.75) is 32.6 Å². The monoisotopic (exact) mass is 254 g/mol. The molecule has 1 amide bonds. The first kappa shape index (κ1) is 14.2. The zero-order valence-electron chi connectivity index (χ0n) is 11.1. The van der Waals surface area contributed by atoms with Crippen LogP contribution in [0.1, 0.15) is 30.7 Å². The van der Waals surface area contributed by atoms with Gasteiger partial charge in [0.2, 0.25) is 5.91 Å². The van der Waals surface area contributed by atoms with Gasteiger partial charge in [0.1, 0.15) is 0 Å². The average molecular weight is 254 g/mol. The molecule has 0 spiro atoms. The summed E-state index contributed by atoms with van der Waals surface area (Å²) in [5.74, 6) is 0.113. The first-order valence-corrected chi connectivity index (χ1v) is 6.81. The topological polar surface area (TPSA) is 41.1 Å². The first-order chi connectivity index (χ1) is 7.97. The van der Waals surface area contributed by atoms with Crippen molar-refractivity contribution in [1.82, 2.24) is 10.6 Å². The lowest BCUT2D eigenvalue weighted by Crippen LogP contribution is -2.37. The summed E-state index contributed by atoms with van der Waals surface area (Å²) in [5.41, 5.74) is 1.32.